The Morgan fingerprint density at radius 1 is 1.25 bits per heavy atom. The molecule has 1 aliphatic heterocycles. The van der Waals surface area contributed by atoms with Gasteiger partial charge in [0.2, 0.25) is 0 Å². The molecule has 86 valence electrons. The van der Waals surface area contributed by atoms with E-state index in [0.29, 0.717) is 18.8 Å². The lowest BCUT2D eigenvalue weighted by atomic mass is 9.75. The van der Waals surface area contributed by atoms with Crippen LogP contribution in [-0.2, 0) is 9.31 Å². The predicted molar refractivity (Wildman–Crippen MR) is 62.2 cm³/mol. The summed E-state index contributed by atoms with van der Waals surface area (Å²) in [4.78, 5) is 0. The van der Waals surface area contributed by atoms with E-state index < -0.39 is 7.12 Å². The molecule has 0 saturated carbocycles. The lowest BCUT2D eigenvalue weighted by molar-refractivity contribution is 0.0343. The molecule has 0 aromatic heterocycles. The van der Waals surface area contributed by atoms with Crippen LogP contribution in [0.25, 0.3) is 0 Å². The van der Waals surface area contributed by atoms with Crippen LogP contribution in [0.2, 0.25) is 0 Å². The first-order chi connectivity index (χ1) is 7.48. The molecule has 1 aromatic rings. The van der Waals surface area contributed by atoms with E-state index in [1.807, 2.05) is 6.07 Å². The van der Waals surface area contributed by atoms with Gasteiger partial charge in [0.1, 0.15) is 5.82 Å². The minimum Gasteiger partial charge on any atom is -0.407 e. The van der Waals surface area contributed by atoms with Crippen molar-refractivity contribution in [1.82, 2.24) is 0 Å². The molecule has 0 N–H and O–H groups in total. The van der Waals surface area contributed by atoms with E-state index >= 15 is 0 Å². The summed E-state index contributed by atoms with van der Waals surface area (Å²) in [5.74, 6) is -0.213. The van der Waals surface area contributed by atoms with Crippen LogP contribution in [-0.4, -0.2) is 20.3 Å². The van der Waals surface area contributed by atoms with E-state index in [4.69, 9.17) is 9.31 Å². The molecule has 4 heteroatoms. The highest BCUT2D eigenvalue weighted by Crippen LogP contribution is 2.21. The Labute approximate surface area is 95.9 Å². The molecule has 0 radical (unpaired) electrons. The average molecular weight is 222 g/mol. The maximum atomic E-state index is 13.4. The van der Waals surface area contributed by atoms with Gasteiger partial charge in [0, 0.05) is 18.6 Å². The summed E-state index contributed by atoms with van der Waals surface area (Å²) in [5.41, 5.74) is 1.43. The van der Waals surface area contributed by atoms with Gasteiger partial charge in [-0.1, -0.05) is 26.0 Å². The van der Waals surface area contributed by atoms with Crippen LogP contribution in [0.3, 0.4) is 0 Å². The maximum Gasteiger partial charge on any atom is 0.494 e. The predicted octanol–water partition coefficient (Wildman–Crippen LogP) is 1.90. The topological polar surface area (TPSA) is 18.5 Å². The third kappa shape index (κ3) is 2.44. The lowest BCUT2D eigenvalue weighted by Gasteiger charge is -2.33. The number of benzene rings is 1. The Balaban J connectivity index is 2.11. The summed E-state index contributed by atoms with van der Waals surface area (Å²) >= 11 is 0. The summed E-state index contributed by atoms with van der Waals surface area (Å²) in [6.45, 7) is 7.17. The maximum absolute atomic E-state index is 13.4. The molecular formula is C12H16BFO2. The first kappa shape index (κ1) is 11.6. The molecule has 1 aliphatic rings. The molecule has 2 rings (SSSR count). The summed E-state index contributed by atoms with van der Waals surface area (Å²) < 4.78 is 24.5. The fourth-order valence-corrected chi connectivity index (χ4v) is 1.64. The first-order valence-electron chi connectivity index (χ1n) is 5.47. The Bertz CT molecular complexity index is 383. The monoisotopic (exact) mass is 222 g/mol. The van der Waals surface area contributed by atoms with E-state index in [9.17, 15) is 4.39 Å². The second kappa shape index (κ2) is 4.19. The minimum absolute atomic E-state index is 0.0414. The molecule has 16 heavy (non-hydrogen) atoms. The van der Waals surface area contributed by atoms with Crippen LogP contribution in [0, 0.1) is 18.2 Å². The van der Waals surface area contributed by atoms with Crippen LogP contribution < -0.4 is 5.46 Å². The summed E-state index contributed by atoms with van der Waals surface area (Å²) in [6.07, 6.45) is 0. The van der Waals surface area contributed by atoms with Gasteiger partial charge in [-0.25, -0.2) is 4.39 Å². The molecule has 1 fully saturated rings. The van der Waals surface area contributed by atoms with Crippen LogP contribution in [0.1, 0.15) is 19.4 Å². The molecule has 0 unspecified atom stereocenters. The van der Waals surface area contributed by atoms with Gasteiger partial charge >= 0.3 is 7.12 Å². The van der Waals surface area contributed by atoms with E-state index in [0.717, 1.165) is 5.46 Å². The van der Waals surface area contributed by atoms with Gasteiger partial charge in [0.15, 0.2) is 0 Å². The molecule has 1 saturated heterocycles. The van der Waals surface area contributed by atoms with Gasteiger partial charge in [-0.05, 0) is 24.0 Å². The van der Waals surface area contributed by atoms with Crippen LogP contribution in [0.15, 0.2) is 18.2 Å². The van der Waals surface area contributed by atoms with Crippen LogP contribution in [0.4, 0.5) is 4.39 Å². The molecule has 2 nitrogen and oxygen atoms in total. The Morgan fingerprint density at radius 2 is 1.88 bits per heavy atom. The minimum atomic E-state index is -0.428. The molecule has 0 bridgehead atoms. The first-order valence-corrected chi connectivity index (χ1v) is 5.47. The molecule has 1 aromatic carbocycles. The van der Waals surface area contributed by atoms with Gasteiger partial charge in [-0.3, -0.25) is 0 Å². The molecular weight excluding hydrogens is 206 g/mol. The van der Waals surface area contributed by atoms with Crippen molar-refractivity contribution in [2.75, 3.05) is 13.2 Å². The SMILES string of the molecule is Cc1ccc(B2OCC(C)(C)CO2)cc1F. The number of hydrogen-bond acceptors (Lipinski definition) is 2. The van der Waals surface area contributed by atoms with Gasteiger partial charge in [-0.2, -0.15) is 0 Å². The number of hydrogen-bond donors (Lipinski definition) is 0. The van der Waals surface area contributed by atoms with Crippen molar-refractivity contribution in [3.63, 3.8) is 0 Å². The smallest absolute Gasteiger partial charge is 0.407 e. The Morgan fingerprint density at radius 3 is 2.44 bits per heavy atom. The Hall–Kier alpha value is -0.865. The summed E-state index contributed by atoms with van der Waals surface area (Å²) in [5, 5.41) is 0. The zero-order valence-corrected chi connectivity index (χ0v) is 9.92. The highest BCUT2D eigenvalue weighted by Gasteiger charge is 2.33. The number of rotatable bonds is 1. The van der Waals surface area contributed by atoms with Crippen LogP contribution in [0.5, 0.6) is 0 Å². The van der Waals surface area contributed by atoms with E-state index in [-0.39, 0.29) is 11.2 Å². The van der Waals surface area contributed by atoms with Crippen molar-refractivity contribution in [3.05, 3.63) is 29.6 Å². The second-order valence-corrected chi connectivity index (χ2v) is 5.13. The van der Waals surface area contributed by atoms with Crippen molar-refractivity contribution in [1.29, 1.82) is 0 Å². The van der Waals surface area contributed by atoms with Gasteiger partial charge in [0.25, 0.3) is 0 Å². The quantitative estimate of drug-likeness (QED) is 0.675. The largest absolute Gasteiger partial charge is 0.494 e. The summed E-state index contributed by atoms with van der Waals surface area (Å²) in [7, 11) is -0.428. The fraction of sp³-hybridized carbons (Fsp3) is 0.500. The van der Waals surface area contributed by atoms with E-state index in [1.54, 1.807) is 13.0 Å². The van der Waals surface area contributed by atoms with E-state index in [2.05, 4.69) is 13.8 Å². The van der Waals surface area contributed by atoms with Crippen molar-refractivity contribution >= 4 is 12.6 Å². The zero-order valence-electron chi connectivity index (χ0n) is 9.92. The van der Waals surface area contributed by atoms with Gasteiger partial charge in [-0.15, -0.1) is 0 Å². The number of halogens is 1. The standard InChI is InChI=1S/C12H16BFO2/c1-9-4-5-10(6-11(9)14)13-15-7-12(2,3)8-16-13/h4-6H,7-8H2,1-3H3. The highest BCUT2D eigenvalue weighted by molar-refractivity contribution is 6.61. The molecule has 1 heterocycles. The second-order valence-electron chi connectivity index (χ2n) is 5.13. The van der Waals surface area contributed by atoms with Crippen molar-refractivity contribution < 1.29 is 13.7 Å². The average Bonchev–Trinajstić information content (AvgIpc) is 2.22. The van der Waals surface area contributed by atoms with Gasteiger partial charge in [0.05, 0.1) is 0 Å². The van der Waals surface area contributed by atoms with Gasteiger partial charge < -0.3 is 9.31 Å². The number of aryl methyl sites for hydroxylation is 1. The van der Waals surface area contributed by atoms with Crippen LogP contribution >= 0.6 is 0 Å². The van der Waals surface area contributed by atoms with Crippen molar-refractivity contribution in [2.45, 2.75) is 20.8 Å². The Kier molecular flexibility index (Phi) is 3.04. The summed E-state index contributed by atoms with van der Waals surface area (Å²) in [6, 6.07) is 5.08. The third-order valence-corrected chi connectivity index (χ3v) is 2.72. The van der Waals surface area contributed by atoms with Crippen molar-refractivity contribution in [3.8, 4) is 0 Å². The fourth-order valence-electron chi connectivity index (χ4n) is 1.64. The highest BCUT2D eigenvalue weighted by atomic mass is 19.1. The zero-order chi connectivity index (χ0) is 11.8. The third-order valence-electron chi connectivity index (χ3n) is 2.72. The normalized spacial score (nSPS) is 19.9. The molecule has 0 atom stereocenters. The van der Waals surface area contributed by atoms with Crippen molar-refractivity contribution in [2.24, 2.45) is 5.41 Å². The molecule has 0 amide bonds. The molecule has 0 spiro atoms. The lowest BCUT2D eigenvalue weighted by Crippen LogP contribution is -2.47. The van der Waals surface area contributed by atoms with E-state index in [1.165, 1.54) is 6.07 Å². The molecule has 0 aliphatic carbocycles.